The van der Waals surface area contributed by atoms with Crippen LogP contribution in [0.2, 0.25) is 0 Å². The van der Waals surface area contributed by atoms with Crippen LogP contribution in [0.5, 0.6) is 5.75 Å². The third-order valence-electron chi connectivity index (χ3n) is 9.55. The van der Waals surface area contributed by atoms with Gasteiger partial charge in [0.05, 0.1) is 0 Å². The minimum atomic E-state index is -0.704. The van der Waals surface area contributed by atoms with E-state index in [1.54, 1.807) is 0 Å². The van der Waals surface area contributed by atoms with E-state index < -0.39 is 5.41 Å². The number of hydrogen-bond acceptors (Lipinski definition) is 4. The lowest BCUT2D eigenvalue weighted by Gasteiger charge is -2.34. The van der Waals surface area contributed by atoms with Crippen LogP contribution in [0.1, 0.15) is 60.0 Å². The van der Waals surface area contributed by atoms with E-state index in [2.05, 4.69) is 97.9 Å². The lowest BCUT2D eigenvalue weighted by molar-refractivity contribution is -0.125. The van der Waals surface area contributed by atoms with Crippen LogP contribution in [0.15, 0.2) is 97.1 Å². The van der Waals surface area contributed by atoms with Crippen molar-refractivity contribution in [2.75, 3.05) is 26.2 Å². The first-order valence-electron chi connectivity index (χ1n) is 16.7. The molecule has 2 N–H and O–H groups in total. The van der Waals surface area contributed by atoms with E-state index >= 15 is 0 Å². The summed E-state index contributed by atoms with van der Waals surface area (Å²) in [6.45, 7) is 3.42. The summed E-state index contributed by atoms with van der Waals surface area (Å²) >= 11 is 0. The third-order valence-corrected chi connectivity index (χ3v) is 10.2. The quantitative estimate of drug-likeness (QED) is 0.165. The Balaban J connectivity index is 1.01. The Morgan fingerprint density at radius 1 is 0.872 bits per heavy atom. The molecule has 47 heavy (non-hydrogen) atoms. The van der Waals surface area contributed by atoms with E-state index in [4.69, 9.17) is 4.74 Å². The Labute approximate surface area is 286 Å². The predicted octanol–water partition coefficient (Wildman–Crippen LogP) is 6.68. The average Bonchev–Trinajstić information content (AvgIpc) is 3.37. The molecule has 1 aliphatic heterocycles. The van der Waals surface area contributed by atoms with Gasteiger partial charge in [0.15, 0.2) is 0 Å². The van der Waals surface area contributed by atoms with Crippen molar-refractivity contribution < 1.29 is 14.3 Å². The molecule has 0 bridgehead atoms. The highest BCUT2D eigenvalue weighted by atomic mass is 31.1. The maximum Gasteiger partial charge on any atom is 0.251 e. The topological polar surface area (TPSA) is 70.7 Å². The molecule has 0 saturated carbocycles. The van der Waals surface area contributed by atoms with Crippen LogP contribution < -0.4 is 15.4 Å². The lowest BCUT2D eigenvalue weighted by atomic mass is 9.73. The van der Waals surface area contributed by atoms with Crippen molar-refractivity contribution in [1.82, 2.24) is 15.5 Å². The second-order valence-corrected chi connectivity index (χ2v) is 18.3. The molecule has 0 radical (unpaired) electrons. The first-order chi connectivity index (χ1) is 22.7. The number of nitrogens with zero attached hydrogens (tertiary/aromatic N) is 1. The van der Waals surface area contributed by atoms with E-state index in [0.29, 0.717) is 12.1 Å². The van der Waals surface area contributed by atoms with Crippen LogP contribution >= 0.6 is 27.7 Å². The van der Waals surface area contributed by atoms with Gasteiger partial charge in [-0.3, -0.25) is 9.59 Å². The molecule has 0 aromatic heterocycles. The summed E-state index contributed by atoms with van der Waals surface area (Å²) in [5, 5.41) is 6.52. The number of hydrogen-bond donors (Lipinski definition) is 2. The van der Waals surface area contributed by atoms with Crippen LogP contribution in [0.3, 0.4) is 0 Å². The molecule has 0 spiro atoms. The van der Waals surface area contributed by atoms with Crippen LogP contribution in [-0.4, -0.2) is 59.7 Å². The van der Waals surface area contributed by atoms with Crippen molar-refractivity contribution in [2.24, 2.45) is 0 Å². The molecule has 2 aliphatic carbocycles. The van der Waals surface area contributed by atoms with Crippen molar-refractivity contribution in [2.45, 2.75) is 60.7 Å². The Morgan fingerprint density at radius 3 is 2.15 bits per heavy atom. The first-order valence-corrected chi connectivity index (χ1v) is 18.4. The van der Waals surface area contributed by atoms with Crippen molar-refractivity contribution in [3.8, 4) is 16.9 Å². The van der Waals surface area contributed by atoms with Crippen molar-refractivity contribution >= 4 is 39.5 Å². The molecule has 6 rings (SSSR count). The zero-order valence-corrected chi connectivity index (χ0v) is 30.3. The van der Waals surface area contributed by atoms with Crippen molar-refractivity contribution in [1.29, 1.82) is 0 Å². The van der Waals surface area contributed by atoms with Gasteiger partial charge in [-0.15, -0.1) is 27.7 Å². The van der Waals surface area contributed by atoms with Crippen LogP contribution in [-0.2, 0) is 10.2 Å². The summed E-state index contributed by atoms with van der Waals surface area (Å²) in [4.78, 5) is 29.6. The summed E-state index contributed by atoms with van der Waals surface area (Å²) in [7, 11) is 8.31. The molecule has 1 saturated heterocycles. The highest BCUT2D eigenvalue weighted by Crippen LogP contribution is 2.51. The molecule has 3 aromatic carbocycles. The number of fused-ring (bicyclic) bond motifs is 3. The number of ether oxygens (including phenoxy) is 1. The summed E-state index contributed by atoms with van der Waals surface area (Å²) in [6.07, 6.45) is 13.6. The maximum absolute atomic E-state index is 14.2. The standard InChI is InChI=1S/C38H46N3O3P3/c42-35(27-16-18-30(19-17-27)44-29-10-2-1-3-11-29)40-28-20-24-41(25-21-28)23-9-8-22-37(36(43)39-26-38(45,46)47)33-14-6-4-12-31(33)32-13-5-7-15-34(32)37/h1-7,10,12-19,28-29H,8-9,11,20-26,45-47H2,(H,39,43)(H,40,42). The second-order valence-electron chi connectivity index (χ2n) is 13.1. The monoisotopic (exact) mass is 685 g/mol. The van der Waals surface area contributed by atoms with E-state index in [-0.39, 0.29) is 28.6 Å². The summed E-state index contributed by atoms with van der Waals surface area (Å²) in [6, 6.07) is 24.4. The minimum Gasteiger partial charge on any atom is -0.486 e. The van der Waals surface area contributed by atoms with E-state index in [1.807, 2.05) is 42.5 Å². The van der Waals surface area contributed by atoms with Crippen LogP contribution in [0.25, 0.3) is 11.1 Å². The van der Waals surface area contributed by atoms with Gasteiger partial charge in [-0.05, 0) is 84.8 Å². The highest BCUT2D eigenvalue weighted by Gasteiger charge is 2.48. The molecular weight excluding hydrogens is 639 g/mol. The van der Waals surface area contributed by atoms with Crippen LogP contribution in [0.4, 0.5) is 0 Å². The van der Waals surface area contributed by atoms with Crippen LogP contribution in [0, 0.1) is 0 Å². The van der Waals surface area contributed by atoms with Gasteiger partial charge in [0.25, 0.3) is 5.91 Å². The molecule has 4 unspecified atom stereocenters. The molecular formula is C38H46N3O3P3. The molecule has 3 aliphatic rings. The summed E-state index contributed by atoms with van der Waals surface area (Å²) < 4.78 is 5.75. The number of piperidine rings is 1. The number of likely N-dealkylation sites (tertiary alicyclic amines) is 1. The second kappa shape index (κ2) is 15.1. The Hall–Kier alpha value is -2.87. The fraction of sp³-hybridized carbons (Fsp3) is 0.368. The van der Waals surface area contributed by atoms with Gasteiger partial charge in [0, 0.05) is 42.3 Å². The number of benzene rings is 3. The van der Waals surface area contributed by atoms with Crippen molar-refractivity contribution in [3.63, 3.8) is 0 Å². The SMILES string of the molecule is O=C(NC1CCN(CCCCC2(C(=O)NCC(P)(P)P)c3ccccc3-c3ccccc32)CC1)c1ccc(OC2C=CC=CC2)cc1. The van der Waals surface area contributed by atoms with Crippen molar-refractivity contribution in [3.05, 3.63) is 114 Å². The largest absolute Gasteiger partial charge is 0.486 e. The molecule has 1 fully saturated rings. The fourth-order valence-electron chi connectivity index (χ4n) is 7.14. The number of nitrogens with one attached hydrogen (secondary N) is 2. The van der Waals surface area contributed by atoms with Gasteiger partial charge < -0.3 is 20.3 Å². The zero-order valence-electron chi connectivity index (χ0n) is 26.9. The Kier molecular flexibility index (Phi) is 10.9. The molecule has 2 amide bonds. The van der Waals surface area contributed by atoms with Gasteiger partial charge in [-0.25, -0.2) is 0 Å². The maximum atomic E-state index is 14.2. The highest BCUT2D eigenvalue weighted by molar-refractivity contribution is 7.57. The number of allylic oxidation sites excluding steroid dienone is 2. The molecule has 246 valence electrons. The van der Waals surface area contributed by atoms with E-state index in [0.717, 1.165) is 86.2 Å². The number of carbonyl (C=O) groups is 2. The van der Waals surface area contributed by atoms with Gasteiger partial charge in [0.2, 0.25) is 5.91 Å². The predicted molar refractivity (Wildman–Crippen MR) is 202 cm³/mol. The fourth-order valence-corrected chi connectivity index (χ4v) is 7.44. The molecule has 1 heterocycles. The molecule has 6 nitrogen and oxygen atoms in total. The minimum absolute atomic E-state index is 0.0292. The van der Waals surface area contributed by atoms with Gasteiger partial charge in [-0.1, -0.05) is 73.2 Å². The Morgan fingerprint density at radius 2 is 1.53 bits per heavy atom. The summed E-state index contributed by atoms with van der Waals surface area (Å²) in [5.41, 5.74) is 4.50. The normalized spacial score (nSPS) is 18.7. The number of unbranched alkanes of at least 4 members (excludes halogenated alkanes) is 1. The summed E-state index contributed by atoms with van der Waals surface area (Å²) in [5.74, 6) is 0.817. The van der Waals surface area contributed by atoms with Gasteiger partial charge in [0.1, 0.15) is 17.3 Å². The van der Waals surface area contributed by atoms with E-state index in [9.17, 15) is 9.59 Å². The smallest absolute Gasteiger partial charge is 0.251 e. The first kappa shape index (κ1) is 34.0. The third kappa shape index (κ3) is 8.06. The zero-order chi connectivity index (χ0) is 32.9. The van der Waals surface area contributed by atoms with Gasteiger partial charge >= 0.3 is 0 Å². The van der Waals surface area contributed by atoms with Gasteiger partial charge in [-0.2, -0.15) is 0 Å². The molecule has 4 atom stereocenters. The number of carbonyl (C=O) groups excluding carboxylic acids is 2. The lowest BCUT2D eigenvalue weighted by Crippen LogP contribution is -2.46. The molecule has 9 heteroatoms. The number of amides is 2. The molecule has 3 aromatic rings. The Bertz CT molecular complexity index is 1580. The number of rotatable bonds is 12. The van der Waals surface area contributed by atoms with E-state index in [1.165, 1.54) is 0 Å². The average molecular weight is 686 g/mol.